The fourth-order valence-corrected chi connectivity index (χ4v) is 4.81. The molecule has 1 saturated heterocycles. The van der Waals surface area contributed by atoms with Crippen molar-refractivity contribution < 1.29 is 27.5 Å². The molecular weight excluding hydrogens is 396 g/mol. The van der Waals surface area contributed by atoms with Gasteiger partial charge in [-0.05, 0) is 30.3 Å². The van der Waals surface area contributed by atoms with Crippen LogP contribution < -0.4 is 5.32 Å². The predicted octanol–water partition coefficient (Wildman–Crippen LogP) is 1.95. The third-order valence-electron chi connectivity index (χ3n) is 4.89. The number of nitrogens with zero attached hydrogens (tertiary/aromatic N) is 1. The minimum Gasteiger partial charge on any atom is -0.453 e. The fourth-order valence-electron chi connectivity index (χ4n) is 3.40. The van der Waals surface area contributed by atoms with Crippen LogP contribution in [-0.4, -0.2) is 50.9 Å². The third kappa shape index (κ3) is 4.02. The molecule has 9 heteroatoms. The smallest absolute Gasteiger partial charge is 0.339 e. The monoisotopic (exact) mass is 416 g/mol. The van der Waals surface area contributed by atoms with Crippen molar-refractivity contribution in [2.75, 3.05) is 31.6 Å². The van der Waals surface area contributed by atoms with E-state index in [-0.39, 0.29) is 17.2 Å². The van der Waals surface area contributed by atoms with Crippen LogP contribution in [0, 0.1) is 0 Å². The molecule has 4 rings (SSSR count). The molecule has 8 nitrogen and oxygen atoms in total. The highest BCUT2D eigenvalue weighted by atomic mass is 32.2. The van der Waals surface area contributed by atoms with Crippen molar-refractivity contribution in [3.8, 4) is 0 Å². The van der Waals surface area contributed by atoms with Crippen molar-refractivity contribution in [1.82, 2.24) is 4.31 Å². The van der Waals surface area contributed by atoms with Gasteiger partial charge in [0.2, 0.25) is 15.9 Å². The van der Waals surface area contributed by atoms with Crippen LogP contribution in [0.1, 0.15) is 28.4 Å². The fraction of sp³-hybridized carbons (Fsp3) is 0.300. The van der Waals surface area contributed by atoms with Crippen molar-refractivity contribution in [1.29, 1.82) is 0 Å². The molecule has 1 N–H and O–H groups in total. The molecule has 2 aromatic carbocycles. The van der Waals surface area contributed by atoms with Crippen molar-refractivity contribution >= 4 is 27.6 Å². The van der Waals surface area contributed by atoms with E-state index in [9.17, 15) is 18.0 Å². The van der Waals surface area contributed by atoms with Gasteiger partial charge in [0.05, 0.1) is 30.1 Å². The van der Waals surface area contributed by atoms with E-state index < -0.39 is 22.1 Å². The maximum Gasteiger partial charge on any atom is 0.339 e. The number of carbonyl (C=O) groups is 2. The Labute approximate surface area is 168 Å². The van der Waals surface area contributed by atoms with Gasteiger partial charge >= 0.3 is 5.97 Å². The molecule has 152 valence electrons. The summed E-state index contributed by atoms with van der Waals surface area (Å²) in [6, 6.07) is 13.0. The van der Waals surface area contributed by atoms with Crippen molar-refractivity contribution in [3.05, 3.63) is 59.7 Å². The number of benzene rings is 2. The lowest BCUT2D eigenvalue weighted by molar-refractivity contribution is -0.118. The summed E-state index contributed by atoms with van der Waals surface area (Å²) in [6.45, 7) is 1.40. The first kappa shape index (κ1) is 19.6. The number of rotatable bonds is 5. The molecule has 1 amide bonds. The van der Waals surface area contributed by atoms with E-state index >= 15 is 0 Å². The number of morpholine rings is 1. The zero-order valence-electron chi connectivity index (χ0n) is 15.5. The van der Waals surface area contributed by atoms with Crippen LogP contribution in [0.5, 0.6) is 0 Å². The topological polar surface area (TPSA) is 102 Å². The lowest BCUT2D eigenvalue weighted by Crippen LogP contribution is -2.40. The first-order valence-electron chi connectivity index (χ1n) is 9.23. The molecule has 0 spiro atoms. The number of hydrogen-bond acceptors (Lipinski definition) is 6. The Kier molecular flexibility index (Phi) is 5.35. The summed E-state index contributed by atoms with van der Waals surface area (Å²) in [5.74, 6) is -0.764. The highest BCUT2D eigenvalue weighted by molar-refractivity contribution is 7.89. The zero-order valence-corrected chi connectivity index (χ0v) is 16.4. The average molecular weight is 416 g/mol. The van der Waals surface area contributed by atoms with Crippen LogP contribution in [0.4, 0.5) is 5.69 Å². The minimum absolute atomic E-state index is 0.0173. The van der Waals surface area contributed by atoms with Gasteiger partial charge in [-0.25, -0.2) is 13.2 Å². The molecule has 1 unspecified atom stereocenters. The molecule has 2 aliphatic heterocycles. The van der Waals surface area contributed by atoms with Gasteiger partial charge in [-0.15, -0.1) is 0 Å². The van der Waals surface area contributed by atoms with Gasteiger partial charge < -0.3 is 14.8 Å². The Bertz CT molecular complexity index is 1030. The summed E-state index contributed by atoms with van der Waals surface area (Å²) in [7, 11) is -3.58. The minimum atomic E-state index is -3.58. The first-order valence-corrected chi connectivity index (χ1v) is 10.7. The van der Waals surface area contributed by atoms with Gasteiger partial charge in [0, 0.05) is 24.3 Å². The largest absolute Gasteiger partial charge is 0.453 e. The number of nitrogens with one attached hydrogen (secondary N) is 1. The lowest BCUT2D eigenvalue weighted by Gasteiger charge is -2.26. The number of fused-ring (bicyclic) bond motifs is 1. The number of amides is 1. The van der Waals surface area contributed by atoms with Crippen molar-refractivity contribution in [2.24, 2.45) is 0 Å². The molecule has 1 fully saturated rings. The number of sulfonamides is 1. The number of hydrogen-bond donors (Lipinski definition) is 1. The summed E-state index contributed by atoms with van der Waals surface area (Å²) in [4.78, 5) is 24.4. The maximum absolute atomic E-state index is 12.6. The van der Waals surface area contributed by atoms with Crippen molar-refractivity contribution in [3.63, 3.8) is 0 Å². The van der Waals surface area contributed by atoms with Crippen LogP contribution in [0.3, 0.4) is 0 Å². The molecule has 0 aliphatic carbocycles. The van der Waals surface area contributed by atoms with E-state index in [4.69, 9.17) is 9.47 Å². The molecule has 2 aliphatic rings. The Hall–Kier alpha value is -2.75. The number of esters is 1. The Morgan fingerprint density at radius 1 is 1.07 bits per heavy atom. The highest BCUT2D eigenvalue weighted by Gasteiger charge is 2.32. The van der Waals surface area contributed by atoms with Gasteiger partial charge in [-0.1, -0.05) is 18.2 Å². The standard InChI is InChI=1S/C20H20N2O6S/c23-19(13-18-16-3-1-2-4-17(16)20(24)28-18)21-14-5-7-15(8-6-14)29(25,26)22-9-11-27-12-10-22/h1-8,18H,9-13H2,(H,21,23). The number of carbonyl (C=O) groups excluding carboxylic acids is 2. The first-order chi connectivity index (χ1) is 13.9. The van der Waals surface area contributed by atoms with E-state index in [0.29, 0.717) is 43.1 Å². The zero-order chi connectivity index (χ0) is 20.4. The van der Waals surface area contributed by atoms with Gasteiger partial charge in [-0.3, -0.25) is 4.79 Å². The molecule has 1 atom stereocenters. The van der Waals surface area contributed by atoms with Crippen LogP contribution in [0.2, 0.25) is 0 Å². The predicted molar refractivity (Wildman–Crippen MR) is 104 cm³/mol. The van der Waals surface area contributed by atoms with Gasteiger partial charge in [0.15, 0.2) is 0 Å². The molecule has 0 bridgehead atoms. The van der Waals surface area contributed by atoms with Crippen LogP contribution in [-0.2, 0) is 24.3 Å². The summed E-state index contributed by atoms with van der Waals surface area (Å²) >= 11 is 0. The van der Waals surface area contributed by atoms with E-state index in [1.807, 2.05) is 0 Å². The van der Waals surface area contributed by atoms with E-state index in [1.165, 1.54) is 16.4 Å². The Balaban J connectivity index is 1.40. The average Bonchev–Trinajstić information content (AvgIpc) is 3.04. The summed E-state index contributed by atoms with van der Waals surface area (Å²) in [5, 5.41) is 2.71. The maximum atomic E-state index is 12.6. The normalized spacial score (nSPS) is 19.4. The number of ether oxygens (including phenoxy) is 2. The SMILES string of the molecule is O=C(CC1OC(=O)c2ccccc21)Nc1ccc(S(=O)(=O)N2CCOCC2)cc1. The Morgan fingerprint density at radius 2 is 1.76 bits per heavy atom. The molecule has 0 aromatic heterocycles. The van der Waals surface area contributed by atoms with Crippen LogP contribution in [0.25, 0.3) is 0 Å². The molecule has 0 radical (unpaired) electrons. The number of cyclic esters (lactones) is 1. The highest BCUT2D eigenvalue weighted by Crippen LogP contribution is 2.33. The molecule has 29 heavy (non-hydrogen) atoms. The lowest BCUT2D eigenvalue weighted by atomic mass is 10.0. The number of anilines is 1. The van der Waals surface area contributed by atoms with E-state index in [0.717, 1.165) is 0 Å². The Morgan fingerprint density at radius 3 is 2.48 bits per heavy atom. The third-order valence-corrected chi connectivity index (χ3v) is 6.81. The second-order valence-corrected chi connectivity index (χ2v) is 8.71. The molecule has 2 aromatic rings. The van der Waals surface area contributed by atoms with Crippen molar-refractivity contribution in [2.45, 2.75) is 17.4 Å². The second kappa shape index (κ2) is 7.94. The van der Waals surface area contributed by atoms with E-state index in [2.05, 4.69) is 5.32 Å². The summed E-state index contributed by atoms with van der Waals surface area (Å²) in [6.07, 6.45) is -0.643. The van der Waals surface area contributed by atoms with Crippen LogP contribution in [0.15, 0.2) is 53.4 Å². The quantitative estimate of drug-likeness (QED) is 0.748. The molecule has 2 heterocycles. The van der Waals surface area contributed by atoms with Gasteiger partial charge in [0.25, 0.3) is 0 Å². The molecule has 0 saturated carbocycles. The van der Waals surface area contributed by atoms with Gasteiger partial charge in [0.1, 0.15) is 6.10 Å². The summed E-state index contributed by atoms with van der Waals surface area (Å²) in [5.41, 5.74) is 1.64. The molecular formula is C20H20N2O6S. The summed E-state index contributed by atoms with van der Waals surface area (Å²) < 4.78 is 37.1. The van der Waals surface area contributed by atoms with Crippen LogP contribution >= 0.6 is 0 Å². The van der Waals surface area contributed by atoms with Gasteiger partial charge in [-0.2, -0.15) is 4.31 Å². The van der Waals surface area contributed by atoms with E-state index in [1.54, 1.807) is 36.4 Å². The second-order valence-electron chi connectivity index (χ2n) is 6.77.